The molecule has 234 valence electrons. The monoisotopic (exact) mass is 628 g/mol. The summed E-state index contributed by atoms with van der Waals surface area (Å²) in [4.78, 5) is 8.60. The van der Waals surface area contributed by atoms with E-state index in [1.165, 1.54) is 12.3 Å². The summed E-state index contributed by atoms with van der Waals surface area (Å²) in [6.07, 6.45) is 2.26. The maximum absolute atomic E-state index is 16.1. The van der Waals surface area contributed by atoms with Gasteiger partial charge in [0, 0.05) is 61.8 Å². The van der Waals surface area contributed by atoms with Crippen LogP contribution >= 0.6 is 0 Å². The number of nitriles is 1. The number of aliphatic hydroxyl groups is 1. The summed E-state index contributed by atoms with van der Waals surface area (Å²) < 4.78 is 61.3. The van der Waals surface area contributed by atoms with Crippen molar-refractivity contribution in [1.29, 1.82) is 5.26 Å². The molecule has 2 aromatic heterocycles. The maximum Gasteiger partial charge on any atom is 0.323 e. The van der Waals surface area contributed by atoms with Gasteiger partial charge in [0.25, 0.3) is 0 Å². The van der Waals surface area contributed by atoms with Crippen molar-refractivity contribution in [3.8, 4) is 17.2 Å². The van der Waals surface area contributed by atoms with Gasteiger partial charge in [-0.15, -0.1) is 5.10 Å². The molecule has 1 aliphatic heterocycles. The van der Waals surface area contributed by atoms with Crippen LogP contribution in [0.25, 0.3) is 11.1 Å². The molecule has 6 rings (SSSR count). The Morgan fingerprint density at radius 1 is 0.870 bits per heavy atom. The molecule has 3 heterocycles. The molecule has 0 bridgehead atoms. The van der Waals surface area contributed by atoms with Gasteiger partial charge in [-0.2, -0.15) is 14.0 Å². The van der Waals surface area contributed by atoms with Crippen LogP contribution in [0.2, 0.25) is 0 Å². The molecule has 9 nitrogen and oxygen atoms in total. The van der Waals surface area contributed by atoms with E-state index in [-0.39, 0.29) is 0 Å². The molecule has 0 radical (unpaired) electrons. The van der Waals surface area contributed by atoms with Gasteiger partial charge < -0.3 is 10.0 Å². The number of hydrogen-bond donors (Lipinski definition) is 1. The maximum atomic E-state index is 16.1. The van der Waals surface area contributed by atoms with Gasteiger partial charge in [0.1, 0.15) is 23.7 Å². The third-order valence-corrected chi connectivity index (χ3v) is 8.19. The Kier molecular flexibility index (Phi) is 8.48. The van der Waals surface area contributed by atoms with Gasteiger partial charge >= 0.3 is 5.92 Å². The van der Waals surface area contributed by atoms with E-state index >= 15 is 8.78 Å². The zero-order chi connectivity index (χ0) is 32.3. The van der Waals surface area contributed by atoms with E-state index in [1.54, 1.807) is 0 Å². The second kappa shape index (κ2) is 12.7. The number of piperazine rings is 1. The van der Waals surface area contributed by atoms with E-state index in [9.17, 15) is 13.9 Å². The molecule has 3 aromatic carbocycles. The highest BCUT2D eigenvalue weighted by Crippen LogP contribution is 2.47. The largest absolute Gasteiger partial charge is 0.377 e. The second-order valence-electron chi connectivity index (χ2n) is 11.1. The van der Waals surface area contributed by atoms with E-state index in [0.717, 1.165) is 78.7 Å². The van der Waals surface area contributed by atoms with E-state index in [4.69, 9.17) is 5.26 Å². The van der Waals surface area contributed by atoms with Crippen molar-refractivity contribution in [2.24, 2.45) is 0 Å². The fourth-order valence-corrected chi connectivity index (χ4v) is 5.60. The van der Waals surface area contributed by atoms with Crippen molar-refractivity contribution < 1.29 is 22.7 Å². The fourth-order valence-electron chi connectivity index (χ4n) is 5.60. The summed E-state index contributed by atoms with van der Waals surface area (Å²) in [5.74, 6) is -6.47. The number of rotatable bonds is 9. The fraction of sp³-hybridized carbons (Fsp3) is 0.242. The van der Waals surface area contributed by atoms with Crippen molar-refractivity contribution in [2.45, 2.75) is 24.6 Å². The lowest BCUT2D eigenvalue weighted by Gasteiger charge is -2.36. The molecule has 0 aliphatic carbocycles. The van der Waals surface area contributed by atoms with Crippen molar-refractivity contribution in [3.63, 3.8) is 0 Å². The highest BCUT2D eigenvalue weighted by atomic mass is 19.3. The SMILES string of the molecule is N#Cc1ccc(CN2CCN(c3ccc(-c4ccc(C(F)(F)[C@](O)(Cn5cnnn5)c5ccc(F)cc5F)nc4)cc3)CC2)cc1. The zero-order valence-corrected chi connectivity index (χ0v) is 24.4. The molecule has 0 saturated carbocycles. The van der Waals surface area contributed by atoms with Crippen LogP contribution in [0.4, 0.5) is 23.2 Å². The molecule has 13 heteroatoms. The number of benzene rings is 3. The quantitative estimate of drug-likeness (QED) is 0.230. The molecule has 1 fully saturated rings. The van der Waals surface area contributed by atoms with Crippen molar-refractivity contribution in [3.05, 3.63) is 125 Å². The molecule has 46 heavy (non-hydrogen) atoms. The van der Waals surface area contributed by atoms with Gasteiger partial charge in [-0.3, -0.25) is 9.88 Å². The molecule has 1 saturated heterocycles. The van der Waals surface area contributed by atoms with Crippen LogP contribution in [0.5, 0.6) is 0 Å². The van der Waals surface area contributed by atoms with Gasteiger partial charge in [0.2, 0.25) is 0 Å². The summed E-state index contributed by atoms with van der Waals surface area (Å²) in [5.41, 5.74) is -0.695. The molecule has 1 N–H and O–H groups in total. The number of halogens is 4. The first-order valence-corrected chi connectivity index (χ1v) is 14.5. The predicted octanol–water partition coefficient (Wildman–Crippen LogP) is 4.89. The lowest BCUT2D eigenvalue weighted by atomic mass is 9.84. The predicted molar refractivity (Wildman–Crippen MR) is 160 cm³/mol. The summed E-state index contributed by atoms with van der Waals surface area (Å²) in [6, 6.07) is 22.0. The number of nitrogens with zero attached hydrogens (tertiary/aromatic N) is 8. The highest BCUT2D eigenvalue weighted by Gasteiger charge is 2.58. The van der Waals surface area contributed by atoms with Crippen LogP contribution in [0.1, 0.15) is 22.4 Å². The Morgan fingerprint density at radius 2 is 1.59 bits per heavy atom. The molecule has 1 aliphatic rings. The third kappa shape index (κ3) is 6.17. The van der Waals surface area contributed by atoms with E-state index in [0.29, 0.717) is 17.2 Å². The topological polar surface area (TPSA) is 107 Å². The molecular formula is C33H28F4N8O. The Morgan fingerprint density at radius 3 is 2.20 bits per heavy atom. The molecule has 1 atom stereocenters. The van der Waals surface area contributed by atoms with Gasteiger partial charge in [0.15, 0.2) is 5.60 Å². The minimum Gasteiger partial charge on any atom is -0.377 e. The number of anilines is 1. The normalized spacial score (nSPS) is 15.3. The third-order valence-electron chi connectivity index (χ3n) is 8.19. The first kappa shape index (κ1) is 30.8. The van der Waals surface area contributed by atoms with Crippen LogP contribution in [-0.4, -0.2) is 61.4 Å². The smallest absolute Gasteiger partial charge is 0.323 e. The van der Waals surface area contributed by atoms with Crippen molar-refractivity contribution >= 4 is 5.69 Å². The summed E-state index contributed by atoms with van der Waals surface area (Å²) in [5, 5.41) is 30.7. The molecule has 0 spiro atoms. The van der Waals surface area contributed by atoms with Crippen LogP contribution in [0, 0.1) is 23.0 Å². The van der Waals surface area contributed by atoms with Crippen molar-refractivity contribution in [2.75, 3.05) is 31.1 Å². The molecule has 0 amide bonds. The standard InChI is InChI=1S/C33H28F4N8O/c34-27-8-11-29(30(35)17-27)32(46,21-45-22-40-41-42-45)33(36,37)31-12-7-26(19-39-31)25-5-9-28(10-6-25)44-15-13-43(14-16-44)20-24-3-1-23(18-38)2-4-24/h1-12,17,19,22,46H,13-16,20-21H2/t32-/m0/s1. The summed E-state index contributed by atoms with van der Waals surface area (Å²) >= 11 is 0. The minimum absolute atomic E-state index is 0.424. The Balaban J connectivity index is 1.15. The summed E-state index contributed by atoms with van der Waals surface area (Å²) in [7, 11) is 0. The molecular weight excluding hydrogens is 600 g/mol. The number of pyridine rings is 1. The first-order valence-electron chi connectivity index (χ1n) is 14.5. The van der Waals surface area contributed by atoms with E-state index < -0.39 is 41.0 Å². The average molecular weight is 629 g/mol. The highest BCUT2D eigenvalue weighted by molar-refractivity contribution is 5.66. The average Bonchev–Trinajstić information content (AvgIpc) is 3.58. The van der Waals surface area contributed by atoms with Crippen LogP contribution in [0.15, 0.2) is 91.4 Å². The van der Waals surface area contributed by atoms with Crippen LogP contribution in [0.3, 0.4) is 0 Å². The first-order chi connectivity index (χ1) is 22.2. The number of aromatic nitrogens is 5. The Bertz CT molecular complexity index is 1820. The van der Waals surface area contributed by atoms with Gasteiger partial charge in [-0.05, 0) is 64.0 Å². The van der Waals surface area contributed by atoms with Gasteiger partial charge in [-0.1, -0.05) is 30.3 Å². The minimum atomic E-state index is -4.14. The van der Waals surface area contributed by atoms with Gasteiger partial charge in [-0.25, -0.2) is 13.5 Å². The van der Waals surface area contributed by atoms with Crippen molar-refractivity contribution in [1.82, 2.24) is 30.1 Å². The van der Waals surface area contributed by atoms with Gasteiger partial charge in [0.05, 0.1) is 18.2 Å². The summed E-state index contributed by atoms with van der Waals surface area (Å²) in [6.45, 7) is 3.32. The Labute approximate surface area is 262 Å². The number of alkyl halides is 2. The lowest BCUT2D eigenvalue weighted by Crippen LogP contribution is -2.48. The van der Waals surface area contributed by atoms with E-state index in [1.807, 2.05) is 48.5 Å². The van der Waals surface area contributed by atoms with E-state index in [2.05, 4.69) is 36.4 Å². The lowest BCUT2D eigenvalue weighted by molar-refractivity contribution is -0.207. The zero-order valence-electron chi connectivity index (χ0n) is 24.4. The molecule has 0 unspecified atom stereocenters. The van der Waals surface area contributed by atoms with Crippen LogP contribution < -0.4 is 4.90 Å². The number of tetrazole rings is 1. The molecule has 5 aromatic rings. The second-order valence-corrected chi connectivity index (χ2v) is 11.1. The Hall–Kier alpha value is -5.19. The van der Waals surface area contributed by atoms with Crippen LogP contribution in [-0.2, 0) is 24.6 Å². The number of hydrogen-bond acceptors (Lipinski definition) is 8.